The molecule has 0 atom stereocenters. The monoisotopic (exact) mass is 276 g/mol. The Kier molecular flexibility index (Phi) is 12.2. The lowest BCUT2D eigenvalue weighted by Gasteiger charge is -2.27. The van der Waals surface area contributed by atoms with Crippen molar-refractivity contribution >= 4 is 8.80 Å². The standard InChI is InChI=1S/C14H32O3Si/c1-5-8-9-10-11-12-13-14-18(15-4,16-6-2)17-7-3/h5-14H2,1-4H3. The number of hydrogen-bond donors (Lipinski definition) is 0. The maximum absolute atomic E-state index is 5.76. The van der Waals surface area contributed by atoms with Gasteiger partial charge in [-0.15, -0.1) is 0 Å². The molecule has 0 aliphatic rings. The van der Waals surface area contributed by atoms with Crippen LogP contribution in [-0.4, -0.2) is 29.1 Å². The molecular weight excluding hydrogens is 244 g/mol. The van der Waals surface area contributed by atoms with Gasteiger partial charge in [-0.05, 0) is 20.3 Å². The van der Waals surface area contributed by atoms with Crippen molar-refractivity contribution in [3.05, 3.63) is 0 Å². The third-order valence-electron chi connectivity index (χ3n) is 3.13. The van der Waals surface area contributed by atoms with E-state index >= 15 is 0 Å². The van der Waals surface area contributed by atoms with Crippen LogP contribution in [0.15, 0.2) is 0 Å². The van der Waals surface area contributed by atoms with E-state index in [1.54, 1.807) is 7.11 Å². The van der Waals surface area contributed by atoms with Crippen molar-refractivity contribution < 1.29 is 13.3 Å². The van der Waals surface area contributed by atoms with Crippen LogP contribution in [-0.2, 0) is 13.3 Å². The summed E-state index contributed by atoms with van der Waals surface area (Å²) in [4.78, 5) is 0. The van der Waals surface area contributed by atoms with Crippen LogP contribution in [0.5, 0.6) is 0 Å². The van der Waals surface area contributed by atoms with E-state index in [0.717, 1.165) is 12.5 Å². The Bertz CT molecular complexity index is 170. The first-order chi connectivity index (χ1) is 8.74. The van der Waals surface area contributed by atoms with E-state index in [9.17, 15) is 0 Å². The lowest BCUT2D eigenvalue weighted by atomic mass is 10.1. The van der Waals surface area contributed by atoms with Gasteiger partial charge in [0.05, 0.1) is 0 Å². The van der Waals surface area contributed by atoms with Gasteiger partial charge in [0.15, 0.2) is 0 Å². The van der Waals surface area contributed by atoms with Gasteiger partial charge in [-0.1, -0.05) is 45.4 Å². The van der Waals surface area contributed by atoms with Crippen LogP contribution in [0.3, 0.4) is 0 Å². The molecule has 0 unspecified atom stereocenters. The van der Waals surface area contributed by atoms with E-state index in [0.29, 0.717) is 13.2 Å². The molecular formula is C14H32O3Si. The maximum Gasteiger partial charge on any atom is 0.500 e. The number of rotatable bonds is 13. The highest BCUT2D eigenvalue weighted by atomic mass is 28.4. The van der Waals surface area contributed by atoms with Crippen molar-refractivity contribution in [3.8, 4) is 0 Å². The maximum atomic E-state index is 5.76. The van der Waals surface area contributed by atoms with E-state index in [4.69, 9.17) is 13.3 Å². The minimum absolute atomic E-state index is 0.677. The van der Waals surface area contributed by atoms with Crippen LogP contribution in [0.25, 0.3) is 0 Å². The molecule has 0 heterocycles. The first-order valence-electron chi connectivity index (χ1n) is 7.57. The minimum atomic E-state index is -2.34. The lowest BCUT2D eigenvalue weighted by molar-refractivity contribution is 0.0859. The Morgan fingerprint density at radius 1 is 0.722 bits per heavy atom. The number of hydrogen-bond acceptors (Lipinski definition) is 3. The van der Waals surface area contributed by atoms with Crippen LogP contribution in [0.1, 0.15) is 65.7 Å². The van der Waals surface area contributed by atoms with Crippen LogP contribution < -0.4 is 0 Å². The quantitative estimate of drug-likeness (QED) is 0.369. The summed E-state index contributed by atoms with van der Waals surface area (Å²) in [6, 6.07) is 0.957. The van der Waals surface area contributed by atoms with E-state index in [-0.39, 0.29) is 0 Å². The highest BCUT2D eigenvalue weighted by molar-refractivity contribution is 6.60. The second-order valence-corrected chi connectivity index (χ2v) is 7.48. The molecule has 0 aliphatic carbocycles. The zero-order valence-electron chi connectivity index (χ0n) is 12.8. The van der Waals surface area contributed by atoms with Crippen molar-refractivity contribution in [2.45, 2.75) is 71.8 Å². The Morgan fingerprint density at radius 2 is 1.22 bits per heavy atom. The molecule has 0 radical (unpaired) electrons. The van der Waals surface area contributed by atoms with Crippen molar-refractivity contribution in [2.75, 3.05) is 20.3 Å². The van der Waals surface area contributed by atoms with Crippen LogP contribution in [0, 0.1) is 0 Å². The number of unbranched alkanes of at least 4 members (excludes halogenated alkanes) is 6. The molecule has 0 aromatic carbocycles. The summed E-state index contributed by atoms with van der Waals surface area (Å²) in [6.07, 6.45) is 9.17. The molecule has 0 N–H and O–H groups in total. The summed E-state index contributed by atoms with van der Waals surface area (Å²) in [5.74, 6) is 0. The molecule has 0 spiro atoms. The van der Waals surface area contributed by atoms with Gasteiger partial charge in [0.25, 0.3) is 0 Å². The minimum Gasteiger partial charge on any atom is -0.377 e. The topological polar surface area (TPSA) is 27.7 Å². The van der Waals surface area contributed by atoms with Crippen LogP contribution >= 0.6 is 0 Å². The summed E-state index contributed by atoms with van der Waals surface area (Å²) in [5.41, 5.74) is 0. The van der Waals surface area contributed by atoms with Gasteiger partial charge in [0.2, 0.25) is 0 Å². The molecule has 4 heteroatoms. The Hall–Kier alpha value is 0.0969. The molecule has 0 saturated heterocycles. The summed E-state index contributed by atoms with van der Waals surface area (Å²) in [5, 5.41) is 0. The van der Waals surface area contributed by atoms with Crippen molar-refractivity contribution in [1.82, 2.24) is 0 Å². The summed E-state index contributed by atoms with van der Waals surface area (Å²) in [7, 11) is -0.624. The molecule has 0 bridgehead atoms. The molecule has 18 heavy (non-hydrogen) atoms. The summed E-state index contributed by atoms with van der Waals surface area (Å²) >= 11 is 0. The van der Waals surface area contributed by atoms with E-state index in [1.165, 1.54) is 38.5 Å². The zero-order chi connectivity index (χ0) is 13.7. The first kappa shape index (κ1) is 18.1. The zero-order valence-corrected chi connectivity index (χ0v) is 13.8. The predicted molar refractivity (Wildman–Crippen MR) is 78.8 cm³/mol. The second kappa shape index (κ2) is 12.1. The molecule has 3 nitrogen and oxygen atoms in total. The van der Waals surface area contributed by atoms with Gasteiger partial charge >= 0.3 is 8.80 Å². The second-order valence-electron chi connectivity index (χ2n) is 4.62. The van der Waals surface area contributed by atoms with Gasteiger partial charge in [-0.3, -0.25) is 0 Å². The molecule has 0 aromatic rings. The first-order valence-corrected chi connectivity index (χ1v) is 9.50. The van der Waals surface area contributed by atoms with Gasteiger partial charge in [-0.25, -0.2) is 0 Å². The normalized spacial score (nSPS) is 12.0. The fraction of sp³-hybridized carbons (Fsp3) is 1.00. The Morgan fingerprint density at radius 3 is 1.67 bits per heavy atom. The van der Waals surface area contributed by atoms with Gasteiger partial charge < -0.3 is 13.3 Å². The predicted octanol–water partition coefficient (Wildman–Crippen LogP) is 4.40. The third-order valence-corrected chi connectivity index (χ3v) is 6.17. The largest absolute Gasteiger partial charge is 0.500 e. The van der Waals surface area contributed by atoms with Gasteiger partial charge in [0.1, 0.15) is 0 Å². The average molecular weight is 276 g/mol. The van der Waals surface area contributed by atoms with E-state index in [1.807, 2.05) is 13.8 Å². The highest BCUT2D eigenvalue weighted by Gasteiger charge is 2.38. The molecule has 0 saturated carbocycles. The van der Waals surface area contributed by atoms with E-state index in [2.05, 4.69) is 6.92 Å². The van der Waals surface area contributed by atoms with Crippen molar-refractivity contribution in [1.29, 1.82) is 0 Å². The average Bonchev–Trinajstić information content (AvgIpc) is 2.38. The molecule has 0 amide bonds. The molecule has 0 aromatic heterocycles. The third kappa shape index (κ3) is 8.24. The lowest BCUT2D eigenvalue weighted by Crippen LogP contribution is -2.44. The van der Waals surface area contributed by atoms with Gasteiger partial charge in [0, 0.05) is 26.4 Å². The highest BCUT2D eigenvalue weighted by Crippen LogP contribution is 2.19. The fourth-order valence-corrected chi connectivity index (χ4v) is 4.52. The van der Waals surface area contributed by atoms with Crippen LogP contribution in [0.2, 0.25) is 6.04 Å². The summed E-state index contributed by atoms with van der Waals surface area (Å²) < 4.78 is 17.1. The molecule has 0 aliphatic heterocycles. The molecule has 0 rings (SSSR count). The molecule has 110 valence electrons. The van der Waals surface area contributed by atoms with Crippen molar-refractivity contribution in [3.63, 3.8) is 0 Å². The fourth-order valence-electron chi connectivity index (χ4n) is 2.14. The SMILES string of the molecule is CCCCCCCCC[Si](OC)(OCC)OCC. The summed E-state index contributed by atoms with van der Waals surface area (Å²) in [6.45, 7) is 7.62. The smallest absolute Gasteiger partial charge is 0.377 e. The van der Waals surface area contributed by atoms with Crippen molar-refractivity contribution in [2.24, 2.45) is 0 Å². The molecule has 0 fully saturated rings. The van der Waals surface area contributed by atoms with Crippen LogP contribution in [0.4, 0.5) is 0 Å². The van der Waals surface area contributed by atoms with Gasteiger partial charge in [-0.2, -0.15) is 0 Å². The Balaban J connectivity index is 3.75. The Labute approximate surface area is 115 Å². The van der Waals surface area contributed by atoms with E-state index < -0.39 is 8.80 Å².